The first-order valence-electron chi connectivity index (χ1n) is 6.60. The summed E-state index contributed by atoms with van der Waals surface area (Å²) in [6.07, 6.45) is 1.44. The largest absolute Gasteiger partial charge is 0.467 e. The molecule has 2 heterocycles. The number of H-pyrrole nitrogens is 1. The smallest absolute Gasteiger partial charge is 0.336 e. The molecule has 20 heavy (non-hydrogen) atoms. The SMILES string of the molecule is COC(=O)C1CN(C(=O)c2n[nH]c(C3CC3)n2)CCO1. The van der Waals surface area contributed by atoms with E-state index in [-0.39, 0.29) is 18.3 Å². The molecule has 1 amide bonds. The molecule has 0 aromatic carbocycles. The van der Waals surface area contributed by atoms with Crippen LogP contribution in [-0.4, -0.2) is 64.9 Å². The standard InChI is InChI=1S/C12H16N4O4/c1-19-12(18)8-6-16(4-5-20-8)11(17)10-13-9(14-15-10)7-2-3-7/h7-8H,2-6H2,1H3,(H,13,14,15). The van der Waals surface area contributed by atoms with Crippen molar-refractivity contribution in [3.8, 4) is 0 Å². The second-order valence-corrected chi connectivity index (χ2v) is 4.95. The number of rotatable bonds is 3. The molecule has 1 aromatic heterocycles. The van der Waals surface area contributed by atoms with Crippen molar-refractivity contribution in [3.63, 3.8) is 0 Å². The van der Waals surface area contributed by atoms with Gasteiger partial charge in [0.05, 0.1) is 20.3 Å². The van der Waals surface area contributed by atoms with Crippen molar-refractivity contribution in [3.05, 3.63) is 11.6 Å². The molecule has 0 radical (unpaired) electrons. The van der Waals surface area contributed by atoms with E-state index in [4.69, 9.17) is 4.74 Å². The van der Waals surface area contributed by atoms with E-state index in [1.807, 2.05) is 0 Å². The molecular weight excluding hydrogens is 264 g/mol. The number of ether oxygens (including phenoxy) is 2. The summed E-state index contributed by atoms with van der Waals surface area (Å²) in [5.41, 5.74) is 0. The van der Waals surface area contributed by atoms with Crippen LogP contribution in [0.5, 0.6) is 0 Å². The topological polar surface area (TPSA) is 97.4 Å². The molecule has 1 saturated carbocycles. The van der Waals surface area contributed by atoms with Crippen LogP contribution >= 0.6 is 0 Å². The number of nitrogens with one attached hydrogen (secondary N) is 1. The van der Waals surface area contributed by atoms with E-state index >= 15 is 0 Å². The second kappa shape index (κ2) is 5.20. The molecule has 1 aliphatic heterocycles. The molecule has 1 saturated heterocycles. The Labute approximate surface area is 115 Å². The summed E-state index contributed by atoms with van der Waals surface area (Å²) in [7, 11) is 1.30. The Kier molecular flexibility index (Phi) is 3.39. The van der Waals surface area contributed by atoms with Gasteiger partial charge in [-0.3, -0.25) is 9.89 Å². The van der Waals surface area contributed by atoms with Crippen LogP contribution in [0.3, 0.4) is 0 Å². The van der Waals surface area contributed by atoms with Gasteiger partial charge in [-0.2, -0.15) is 0 Å². The number of aromatic amines is 1. The highest BCUT2D eigenvalue weighted by molar-refractivity contribution is 5.91. The molecule has 1 atom stereocenters. The summed E-state index contributed by atoms with van der Waals surface area (Å²) < 4.78 is 9.91. The van der Waals surface area contributed by atoms with E-state index in [9.17, 15) is 9.59 Å². The number of carbonyl (C=O) groups is 2. The first-order valence-corrected chi connectivity index (χ1v) is 6.60. The molecule has 2 fully saturated rings. The highest BCUT2D eigenvalue weighted by Gasteiger charge is 2.33. The van der Waals surface area contributed by atoms with Gasteiger partial charge >= 0.3 is 5.97 Å². The minimum absolute atomic E-state index is 0.150. The number of hydrogen-bond donors (Lipinski definition) is 1. The third-order valence-corrected chi connectivity index (χ3v) is 3.48. The number of esters is 1. The maximum absolute atomic E-state index is 12.3. The third kappa shape index (κ3) is 2.51. The minimum Gasteiger partial charge on any atom is -0.467 e. The summed E-state index contributed by atoms with van der Waals surface area (Å²) in [4.78, 5) is 29.5. The van der Waals surface area contributed by atoms with Crippen molar-refractivity contribution in [2.75, 3.05) is 26.8 Å². The van der Waals surface area contributed by atoms with Gasteiger partial charge < -0.3 is 14.4 Å². The molecule has 1 N–H and O–H groups in total. The van der Waals surface area contributed by atoms with Crippen molar-refractivity contribution in [1.29, 1.82) is 0 Å². The fraction of sp³-hybridized carbons (Fsp3) is 0.667. The van der Waals surface area contributed by atoms with Crippen LogP contribution in [0.25, 0.3) is 0 Å². The van der Waals surface area contributed by atoms with Crippen molar-refractivity contribution in [1.82, 2.24) is 20.1 Å². The van der Waals surface area contributed by atoms with E-state index in [0.717, 1.165) is 18.7 Å². The monoisotopic (exact) mass is 280 g/mol. The number of aromatic nitrogens is 3. The van der Waals surface area contributed by atoms with E-state index in [1.165, 1.54) is 12.0 Å². The van der Waals surface area contributed by atoms with Crippen LogP contribution in [0.2, 0.25) is 0 Å². The zero-order valence-electron chi connectivity index (χ0n) is 11.2. The molecule has 1 unspecified atom stereocenters. The predicted octanol–water partition coefficient (Wildman–Crippen LogP) is -0.304. The fourth-order valence-electron chi connectivity index (χ4n) is 2.16. The minimum atomic E-state index is -0.737. The molecular formula is C12H16N4O4. The van der Waals surface area contributed by atoms with Gasteiger partial charge in [-0.25, -0.2) is 9.78 Å². The molecule has 8 heteroatoms. The van der Waals surface area contributed by atoms with Gasteiger partial charge in [-0.05, 0) is 12.8 Å². The van der Waals surface area contributed by atoms with Crippen LogP contribution in [0.15, 0.2) is 0 Å². The Hall–Kier alpha value is -1.96. The van der Waals surface area contributed by atoms with Crippen LogP contribution in [-0.2, 0) is 14.3 Å². The average molecular weight is 280 g/mol. The number of hydrogen-bond acceptors (Lipinski definition) is 6. The Morgan fingerprint density at radius 1 is 1.45 bits per heavy atom. The van der Waals surface area contributed by atoms with E-state index in [0.29, 0.717) is 19.1 Å². The van der Waals surface area contributed by atoms with Crippen molar-refractivity contribution < 1.29 is 19.1 Å². The van der Waals surface area contributed by atoms with Crippen molar-refractivity contribution in [2.24, 2.45) is 0 Å². The lowest BCUT2D eigenvalue weighted by Gasteiger charge is -2.30. The van der Waals surface area contributed by atoms with Gasteiger partial charge in [-0.15, -0.1) is 5.10 Å². The second-order valence-electron chi connectivity index (χ2n) is 4.95. The first kappa shape index (κ1) is 13.0. The molecule has 108 valence electrons. The lowest BCUT2D eigenvalue weighted by Crippen LogP contribution is -2.49. The molecule has 2 aliphatic rings. The summed E-state index contributed by atoms with van der Waals surface area (Å²) in [5, 5.41) is 6.76. The summed E-state index contributed by atoms with van der Waals surface area (Å²) in [6, 6.07) is 0. The summed E-state index contributed by atoms with van der Waals surface area (Å²) >= 11 is 0. The summed E-state index contributed by atoms with van der Waals surface area (Å²) in [6.45, 7) is 0.879. The number of methoxy groups -OCH3 is 1. The zero-order valence-corrected chi connectivity index (χ0v) is 11.2. The maximum Gasteiger partial charge on any atom is 0.336 e. The van der Waals surface area contributed by atoms with Crippen molar-refractivity contribution in [2.45, 2.75) is 24.9 Å². The Balaban J connectivity index is 1.67. The molecule has 0 bridgehead atoms. The first-order chi connectivity index (χ1) is 9.69. The Morgan fingerprint density at radius 3 is 2.95 bits per heavy atom. The number of amides is 1. The number of morpholine rings is 1. The van der Waals surface area contributed by atoms with Crippen LogP contribution < -0.4 is 0 Å². The average Bonchev–Trinajstić information content (AvgIpc) is 3.23. The van der Waals surface area contributed by atoms with E-state index in [2.05, 4.69) is 19.9 Å². The van der Waals surface area contributed by atoms with Crippen LogP contribution in [0.1, 0.15) is 35.2 Å². The maximum atomic E-state index is 12.3. The third-order valence-electron chi connectivity index (χ3n) is 3.48. The van der Waals surface area contributed by atoms with Gasteiger partial charge in [0, 0.05) is 12.5 Å². The summed E-state index contributed by atoms with van der Waals surface area (Å²) in [5.74, 6) is 0.571. The normalized spacial score (nSPS) is 22.6. The van der Waals surface area contributed by atoms with E-state index in [1.54, 1.807) is 0 Å². The predicted molar refractivity (Wildman–Crippen MR) is 66.0 cm³/mol. The zero-order chi connectivity index (χ0) is 14.1. The number of carbonyl (C=O) groups excluding carboxylic acids is 2. The number of nitrogens with zero attached hydrogens (tertiary/aromatic N) is 3. The van der Waals surface area contributed by atoms with Gasteiger partial charge in [0.25, 0.3) is 5.91 Å². The molecule has 8 nitrogen and oxygen atoms in total. The molecule has 3 rings (SSSR count). The highest BCUT2D eigenvalue weighted by atomic mass is 16.6. The van der Waals surface area contributed by atoms with E-state index < -0.39 is 12.1 Å². The molecule has 1 aliphatic carbocycles. The lowest BCUT2D eigenvalue weighted by atomic mass is 10.2. The molecule has 1 aromatic rings. The Morgan fingerprint density at radius 2 is 2.25 bits per heavy atom. The van der Waals surface area contributed by atoms with Gasteiger partial charge in [0.1, 0.15) is 5.82 Å². The van der Waals surface area contributed by atoms with Crippen LogP contribution in [0.4, 0.5) is 0 Å². The van der Waals surface area contributed by atoms with Crippen LogP contribution in [0, 0.1) is 0 Å². The van der Waals surface area contributed by atoms with Gasteiger partial charge in [0.2, 0.25) is 5.82 Å². The fourth-order valence-corrected chi connectivity index (χ4v) is 2.16. The Bertz CT molecular complexity index is 525. The van der Waals surface area contributed by atoms with Crippen molar-refractivity contribution >= 4 is 11.9 Å². The molecule has 0 spiro atoms. The quantitative estimate of drug-likeness (QED) is 0.763. The van der Waals surface area contributed by atoms with Gasteiger partial charge in [-0.1, -0.05) is 0 Å². The van der Waals surface area contributed by atoms with Gasteiger partial charge in [0.15, 0.2) is 6.10 Å². The highest BCUT2D eigenvalue weighted by Crippen LogP contribution is 2.37. The lowest BCUT2D eigenvalue weighted by molar-refractivity contribution is -0.158.